The molecule has 2 N–H and O–H groups in total. The van der Waals surface area contributed by atoms with Crippen LogP contribution in [-0.2, 0) is 9.47 Å². The van der Waals surface area contributed by atoms with Gasteiger partial charge in [0.1, 0.15) is 6.61 Å². The fourth-order valence-electron chi connectivity index (χ4n) is 5.13. The number of amides is 1. The minimum Gasteiger partial charge on any atom is -0.446 e. The van der Waals surface area contributed by atoms with Crippen LogP contribution in [0.15, 0.2) is 18.3 Å². The number of alkyl halides is 1. The highest BCUT2D eigenvalue weighted by Gasteiger charge is 2.44. The number of hydrogen-bond donors (Lipinski definition) is 2. The van der Waals surface area contributed by atoms with E-state index in [2.05, 4.69) is 40.6 Å². The normalized spacial score (nSPS) is 18.8. The summed E-state index contributed by atoms with van der Waals surface area (Å²) in [4.78, 5) is 27.8. The van der Waals surface area contributed by atoms with Gasteiger partial charge in [-0.2, -0.15) is 19.6 Å². The van der Waals surface area contributed by atoms with Gasteiger partial charge < -0.3 is 29.9 Å². The van der Waals surface area contributed by atoms with Crippen LogP contribution in [0.4, 0.5) is 21.1 Å². The van der Waals surface area contributed by atoms with Crippen LogP contribution in [0.1, 0.15) is 45.1 Å². The Morgan fingerprint density at radius 3 is 2.61 bits per heavy atom. The summed E-state index contributed by atoms with van der Waals surface area (Å²) in [6.07, 6.45) is 6.90. The van der Waals surface area contributed by atoms with Crippen molar-refractivity contribution in [3.63, 3.8) is 0 Å². The molecule has 228 valence electrons. The van der Waals surface area contributed by atoms with Gasteiger partial charge in [0.2, 0.25) is 11.9 Å². The van der Waals surface area contributed by atoms with Gasteiger partial charge in [-0.25, -0.2) is 9.18 Å². The number of rotatable bonds is 13. The molecule has 13 heteroatoms. The van der Waals surface area contributed by atoms with E-state index in [4.69, 9.17) is 19.4 Å². The van der Waals surface area contributed by atoms with Crippen molar-refractivity contribution in [3.8, 4) is 0 Å². The fraction of sp³-hybridized carbons (Fsp3) is 0.714. The summed E-state index contributed by atoms with van der Waals surface area (Å²) in [5, 5.41) is 11.4. The molecule has 1 atom stereocenters. The molecule has 4 rings (SSSR count). The van der Waals surface area contributed by atoms with E-state index in [1.54, 1.807) is 16.5 Å². The largest absolute Gasteiger partial charge is 0.446 e. The number of carbonyl (C=O) groups excluding carboxylic acids is 1. The standard InChI is InChI=1S/C28H46FN9O3/c1-20(2)23-15-30-38-24(23)33-25(31-21(3)16-40-6)34-26(38)32-22-9-13-37(14-10-22)27(39)41-19-28(29)17-36(18-28)12-8-7-11-35(4)5/h7-8,15,20-22H,9-14,16-19H2,1-6H3,(H2,31,32,33,34)/b8-7+/t21-/m0/s1. The first-order chi connectivity index (χ1) is 19.6. The van der Waals surface area contributed by atoms with Crippen molar-refractivity contribution in [1.82, 2.24) is 34.3 Å². The summed E-state index contributed by atoms with van der Waals surface area (Å²) in [5.74, 6) is 1.36. The van der Waals surface area contributed by atoms with Gasteiger partial charge in [-0.1, -0.05) is 26.0 Å². The van der Waals surface area contributed by atoms with Gasteiger partial charge >= 0.3 is 6.09 Å². The highest BCUT2D eigenvalue weighted by atomic mass is 19.1. The van der Waals surface area contributed by atoms with Crippen LogP contribution in [0.5, 0.6) is 0 Å². The van der Waals surface area contributed by atoms with Gasteiger partial charge in [-0.3, -0.25) is 4.90 Å². The Kier molecular flexibility index (Phi) is 10.4. The molecule has 2 aromatic rings. The Hall–Kier alpha value is -3.03. The maximum Gasteiger partial charge on any atom is 0.409 e. The lowest BCUT2D eigenvalue weighted by molar-refractivity contribution is -0.0692. The lowest BCUT2D eigenvalue weighted by Crippen LogP contribution is -2.61. The van der Waals surface area contributed by atoms with Crippen LogP contribution in [0.2, 0.25) is 0 Å². The van der Waals surface area contributed by atoms with Crippen molar-refractivity contribution in [1.29, 1.82) is 0 Å². The highest BCUT2D eigenvalue weighted by molar-refractivity contribution is 5.68. The number of halogens is 1. The molecule has 2 saturated heterocycles. The van der Waals surface area contributed by atoms with Gasteiger partial charge in [0.25, 0.3) is 0 Å². The van der Waals surface area contributed by atoms with Crippen LogP contribution >= 0.6 is 0 Å². The molecule has 2 aliphatic heterocycles. The maximum atomic E-state index is 14.9. The Balaban J connectivity index is 1.27. The zero-order valence-corrected chi connectivity index (χ0v) is 25.3. The van der Waals surface area contributed by atoms with Crippen LogP contribution < -0.4 is 10.6 Å². The second-order valence-electron chi connectivity index (χ2n) is 11.9. The van der Waals surface area contributed by atoms with E-state index in [9.17, 15) is 9.18 Å². The number of likely N-dealkylation sites (N-methyl/N-ethyl adjacent to an activating group) is 1. The molecule has 41 heavy (non-hydrogen) atoms. The van der Waals surface area contributed by atoms with Crippen molar-refractivity contribution < 1.29 is 18.7 Å². The molecule has 4 heterocycles. The van der Waals surface area contributed by atoms with Crippen LogP contribution in [-0.4, -0.2) is 132 Å². The number of ether oxygens (including phenoxy) is 2. The van der Waals surface area contributed by atoms with Crippen LogP contribution in [0.3, 0.4) is 0 Å². The number of likely N-dealkylation sites (tertiary alicyclic amines) is 2. The van der Waals surface area contributed by atoms with Crippen molar-refractivity contribution in [2.45, 2.75) is 57.3 Å². The molecule has 2 fully saturated rings. The lowest BCUT2D eigenvalue weighted by Gasteiger charge is -2.43. The average Bonchev–Trinajstić information content (AvgIpc) is 3.34. The van der Waals surface area contributed by atoms with E-state index in [0.717, 1.165) is 17.8 Å². The third-order valence-electron chi connectivity index (χ3n) is 7.37. The maximum absolute atomic E-state index is 14.9. The van der Waals surface area contributed by atoms with Crippen molar-refractivity contribution in [2.24, 2.45) is 0 Å². The highest BCUT2D eigenvalue weighted by Crippen LogP contribution is 2.27. The zero-order valence-electron chi connectivity index (χ0n) is 25.3. The van der Waals surface area contributed by atoms with Gasteiger partial charge in [0.15, 0.2) is 11.3 Å². The minimum atomic E-state index is -1.48. The van der Waals surface area contributed by atoms with E-state index in [0.29, 0.717) is 51.0 Å². The first kappa shape index (κ1) is 30.9. The van der Waals surface area contributed by atoms with Crippen LogP contribution in [0, 0.1) is 0 Å². The smallest absolute Gasteiger partial charge is 0.409 e. The summed E-state index contributed by atoms with van der Waals surface area (Å²) >= 11 is 0. The predicted octanol–water partition coefficient (Wildman–Crippen LogP) is 2.85. The average molecular weight is 576 g/mol. The minimum absolute atomic E-state index is 0.0337. The quantitative estimate of drug-likeness (QED) is 0.346. The number of piperidine rings is 1. The second kappa shape index (κ2) is 13.8. The Morgan fingerprint density at radius 2 is 1.95 bits per heavy atom. The summed E-state index contributed by atoms with van der Waals surface area (Å²) in [5.41, 5.74) is 0.315. The number of fused-ring (bicyclic) bond motifs is 1. The predicted molar refractivity (Wildman–Crippen MR) is 157 cm³/mol. The molecule has 2 aliphatic rings. The topological polar surface area (TPSA) is 112 Å². The van der Waals surface area contributed by atoms with Crippen LogP contribution in [0.25, 0.3) is 5.65 Å². The van der Waals surface area contributed by atoms with E-state index in [1.807, 2.05) is 38.2 Å². The molecule has 0 radical (unpaired) electrons. The summed E-state index contributed by atoms with van der Waals surface area (Å²) in [6.45, 7) is 9.68. The summed E-state index contributed by atoms with van der Waals surface area (Å²) in [6, 6.07) is 0.118. The lowest BCUT2D eigenvalue weighted by atomic mass is 9.97. The Bertz CT molecular complexity index is 1170. The molecule has 0 aliphatic carbocycles. The number of nitrogens with zero attached hydrogens (tertiary/aromatic N) is 7. The first-order valence-electron chi connectivity index (χ1n) is 14.5. The number of carbonyl (C=O) groups is 1. The van der Waals surface area contributed by atoms with Crippen molar-refractivity contribution in [2.75, 3.05) is 84.3 Å². The molecule has 0 unspecified atom stereocenters. The summed E-state index contributed by atoms with van der Waals surface area (Å²) in [7, 11) is 5.67. The fourth-order valence-corrected chi connectivity index (χ4v) is 5.13. The zero-order chi connectivity index (χ0) is 29.6. The molecular formula is C28H46FN9O3. The Labute approximate surface area is 242 Å². The number of anilines is 2. The SMILES string of the molecule is COC[C@H](C)Nc1nc(NC2CCN(C(=O)OCC3(F)CN(C/C=C/CN(C)C)C3)CC2)n2ncc(C(C)C)c2n1. The number of nitrogens with one attached hydrogen (secondary N) is 2. The van der Waals surface area contributed by atoms with Gasteiger partial charge in [-0.15, -0.1) is 0 Å². The summed E-state index contributed by atoms with van der Waals surface area (Å²) < 4.78 is 27.3. The van der Waals surface area contributed by atoms with Crippen molar-refractivity contribution in [3.05, 3.63) is 23.9 Å². The Morgan fingerprint density at radius 1 is 1.22 bits per heavy atom. The third-order valence-corrected chi connectivity index (χ3v) is 7.37. The van der Waals surface area contributed by atoms with Gasteiger partial charge in [0.05, 0.1) is 12.8 Å². The van der Waals surface area contributed by atoms with E-state index < -0.39 is 11.8 Å². The van der Waals surface area contributed by atoms with E-state index >= 15 is 0 Å². The number of hydrogen-bond acceptors (Lipinski definition) is 10. The monoisotopic (exact) mass is 575 g/mol. The van der Waals surface area contributed by atoms with E-state index in [1.165, 1.54) is 0 Å². The molecule has 12 nitrogen and oxygen atoms in total. The molecular weight excluding hydrogens is 529 g/mol. The molecule has 0 aromatic carbocycles. The molecule has 0 saturated carbocycles. The van der Waals surface area contributed by atoms with Gasteiger partial charge in [0, 0.05) is 64.0 Å². The number of methoxy groups -OCH3 is 1. The van der Waals surface area contributed by atoms with Gasteiger partial charge in [-0.05, 0) is 39.8 Å². The third kappa shape index (κ3) is 8.26. The molecule has 0 bridgehead atoms. The molecule has 0 spiro atoms. The number of aromatic nitrogens is 4. The molecule has 1 amide bonds. The van der Waals surface area contributed by atoms with Crippen molar-refractivity contribution >= 4 is 23.6 Å². The first-order valence-corrected chi connectivity index (χ1v) is 14.5. The van der Waals surface area contributed by atoms with E-state index in [-0.39, 0.29) is 37.7 Å². The molecule has 2 aromatic heterocycles. The second-order valence-corrected chi connectivity index (χ2v) is 11.9.